The highest BCUT2D eigenvalue weighted by molar-refractivity contribution is 5.75. The average Bonchev–Trinajstić information content (AvgIpc) is 2.66. The predicted molar refractivity (Wildman–Crippen MR) is 58.6 cm³/mol. The van der Waals surface area contributed by atoms with E-state index in [0.29, 0.717) is 18.7 Å². The zero-order chi connectivity index (χ0) is 12.1. The third-order valence-corrected chi connectivity index (χ3v) is 2.26. The molecule has 16 heavy (non-hydrogen) atoms. The molecule has 0 radical (unpaired) electrons. The molecular formula is C10H18N4O2. The molecule has 1 heterocycles. The van der Waals surface area contributed by atoms with Gasteiger partial charge in [-0.3, -0.25) is 9.48 Å². The molecular weight excluding hydrogens is 208 g/mol. The summed E-state index contributed by atoms with van der Waals surface area (Å²) < 4.78 is 1.64. The monoisotopic (exact) mass is 226 g/mol. The van der Waals surface area contributed by atoms with E-state index in [1.54, 1.807) is 36.8 Å². The molecule has 0 bridgehead atoms. The van der Waals surface area contributed by atoms with Crippen LogP contribution >= 0.6 is 0 Å². The largest absolute Gasteiger partial charge is 0.387 e. The Morgan fingerprint density at radius 3 is 2.81 bits per heavy atom. The van der Waals surface area contributed by atoms with Crippen LogP contribution in [0, 0.1) is 0 Å². The standard InChI is InChI=1S/C10H18N4O2/c1-8(15)9-7-14(12-11-9)6-4-5-10(16)13(2)3/h7-8,15H,4-6H2,1-3H3. The predicted octanol–water partition coefficient (Wildman–Crippen LogP) is 0.200. The summed E-state index contributed by atoms with van der Waals surface area (Å²) in [6, 6.07) is 0. The van der Waals surface area contributed by atoms with E-state index in [2.05, 4.69) is 10.3 Å². The smallest absolute Gasteiger partial charge is 0.222 e. The Morgan fingerprint density at radius 1 is 1.62 bits per heavy atom. The van der Waals surface area contributed by atoms with E-state index >= 15 is 0 Å². The molecule has 0 saturated carbocycles. The van der Waals surface area contributed by atoms with Gasteiger partial charge in [0, 0.05) is 27.1 Å². The Morgan fingerprint density at radius 2 is 2.31 bits per heavy atom. The van der Waals surface area contributed by atoms with Crippen LogP contribution in [0.3, 0.4) is 0 Å². The van der Waals surface area contributed by atoms with Crippen LogP contribution in [-0.2, 0) is 11.3 Å². The van der Waals surface area contributed by atoms with Crippen molar-refractivity contribution in [3.63, 3.8) is 0 Å². The van der Waals surface area contributed by atoms with Crippen molar-refractivity contribution in [3.8, 4) is 0 Å². The first-order valence-corrected chi connectivity index (χ1v) is 5.29. The lowest BCUT2D eigenvalue weighted by Crippen LogP contribution is -2.21. The van der Waals surface area contributed by atoms with Gasteiger partial charge < -0.3 is 10.0 Å². The molecule has 0 aliphatic rings. The van der Waals surface area contributed by atoms with Gasteiger partial charge >= 0.3 is 0 Å². The summed E-state index contributed by atoms with van der Waals surface area (Å²) in [6.45, 7) is 2.28. The number of carbonyl (C=O) groups is 1. The number of rotatable bonds is 5. The lowest BCUT2D eigenvalue weighted by atomic mass is 10.3. The first-order valence-electron chi connectivity index (χ1n) is 5.29. The Hall–Kier alpha value is -1.43. The minimum absolute atomic E-state index is 0.107. The van der Waals surface area contributed by atoms with E-state index in [0.717, 1.165) is 6.42 Å². The van der Waals surface area contributed by atoms with Gasteiger partial charge in [0.1, 0.15) is 5.69 Å². The second-order valence-electron chi connectivity index (χ2n) is 3.97. The lowest BCUT2D eigenvalue weighted by molar-refractivity contribution is -0.128. The molecule has 1 aromatic rings. The quantitative estimate of drug-likeness (QED) is 0.778. The fourth-order valence-electron chi connectivity index (χ4n) is 1.23. The van der Waals surface area contributed by atoms with Crippen molar-refractivity contribution in [2.24, 2.45) is 0 Å². The third-order valence-electron chi connectivity index (χ3n) is 2.26. The summed E-state index contributed by atoms with van der Waals surface area (Å²) in [5.41, 5.74) is 0.555. The molecule has 1 aromatic heterocycles. The fourth-order valence-corrected chi connectivity index (χ4v) is 1.23. The topological polar surface area (TPSA) is 71.2 Å². The van der Waals surface area contributed by atoms with Crippen molar-refractivity contribution < 1.29 is 9.90 Å². The number of aryl methyl sites for hydroxylation is 1. The highest BCUT2D eigenvalue weighted by atomic mass is 16.3. The summed E-state index contributed by atoms with van der Waals surface area (Å²) >= 11 is 0. The van der Waals surface area contributed by atoms with Crippen molar-refractivity contribution in [2.75, 3.05) is 14.1 Å². The van der Waals surface area contributed by atoms with Crippen molar-refractivity contribution in [1.29, 1.82) is 0 Å². The van der Waals surface area contributed by atoms with Crippen LogP contribution in [0.1, 0.15) is 31.6 Å². The molecule has 0 fully saturated rings. The summed E-state index contributed by atoms with van der Waals surface area (Å²) in [4.78, 5) is 12.9. The molecule has 0 aromatic carbocycles. The Bertz CT molecular complexity index is 346. The SMILES string of the molecule is CC(O)c1cn(CCCC(=O)N(C)C)nn1. The molecule has 1 amide bonds. The average molecular weight is 226 g/mol. The van der Waals surface area contributed by atoms with Gasteiger partial charge in [-0.25, -0.2) is 0 Å². The maximum Gasteiger partial charge on any atom is 0.222 e. The van der Waals surface area contributed by atoms with Crippen molar-refractivity contribution in [3.05, 3.63) is 11.9 Å². The molecule has 1 atom stereocenters. The lowest BCUT2D eigenvalue weighted by Gasteiger charge is -2.09. The van der Waals surface area contributed by atoms with E-state index in [-0.39, 0.29) is 5.91 Å². The highest BCUT2D eigenvalue weighted by Crippen LogP contribution is 2.07. The van der Waals surface area contributed by atoms with Crippen LogP contribution < -0.4 is 0 Å². The second kappa shape index (κ2) is 5.60. The normalized spacial score (nSPS) is 12.5. The summed E-state index contributed by atoms with van der Waals surface area (Å²) in [7, 11) is 3.48. The van der Waals surface area contributed by atoms with E-state index in [1.165, 1.54) is 0 Å². The molecule has 0 spiro atoms. The van der Waals surface area contributed by atoms with Crippen LogP contribution in [-0.4, -0.2) is 45.0 Å². The minimum atomic E-state index is -0.600. The molecule has 1 rings (SSSR count). The summed E-state index contributed by atoms with van der Waals surface area (Å²) in [6.07, 6.45) is 2.32. The molecule has 0 aliphatic heterocycles. The van der Waals surface area contributed by atoms with Crippen LogP contribution in [0.25, 0.3) is 0 Å². The number of aromatic nitrogens is 3. The molecule has 1 N–H and O–H groups in total. The Kier molecular flexibility index (Phi) is 4.42. The van der Waals surface area contributed by atoms with Gasteiger partial charge in [0.05, 0.1) is 12.3 Å². The maximum absolute atomic E-state index is 11.3. The minimum Gasteiger partial charge on any atom is -0.387 e. The number of aliphatic hydroxyl groups is 1. The Labute approximate surface area is 94.9 Å². The molecule has 0 saturated heterocycles. The van der Waals surface area contributed by atoms with Crippen molar-refractivity contribution >= 4 is 5.91 Å². The molecule has 6 heteroatoms. The van der Waals surface area contributed by atoms with Gasteiger partial charge in [0.25, 0.3) is 0 Å². The van der Waals surface area contributed by atoms with Crippen LogP contribution in [0.5, 0.6) is 0 Å². The summed E-state index contributed by atoms with van der Waals surface area (Å²) in [5.74, 6) is 0.107. The second-order valence-corrected chi connectivity index (χ2v) is 3.97. The maximum atomic E-state index is 11.3. The fraction of sp³-hybridized carbons (Fsp3) is 0.700. The van der Waals surface area contributed by atoms with Crippen LogP contribution in [0.4, 0.5) is 0 Å². The highest BCUT2D eigenvalue weighted by Gasteiger charge is 2.07. The van der Waals surface area contributed by atoms with Gasteiger partial charge in [0.2, 0.25) is 5.91 Å². The van der Waals surface area contributed by atoms with Gasteiger partial charge in [-0.05, 0) is 13.3 Å². The van der Waals surface area contributed by atoms with E-state index in [4.69, 9.17) is 0 Å². The van der Waals surface area contributed by atoms with Gasteiger partial charge in [0.15, 0.2) is 0 Å². The number of amides is 1. The van der Waals surface area contributed by atoms with Crippen LogP contribution in [0.15, 0.2) is 6.20 Å². The molecule has 90 valence electrons. The number of carbonyl (C=O) groups excluding carboxylic acids is 1. The third kappa shape index (κ3) is 3.62. The number of aliphatic hydroxyl groups excluding tert-OH is 1. The van der Waals surface area contributed by atoms with E-state index in [9.17, 15) is 9.90 Å². The molecule has 6 nitrogen and oxygen atoms in total. The zero-order valence-electron chi connectivity index (χ0n) is 9.92. The van der Waals surface area contributed by atoms with Gasteiger partial charge in [-0.2, -0.15) is 0 Å². The number of hydrogen-bond donors (Lipinski definition) is 1. The molecule has 0 aliphatic carbocycles. The zero-order valence-corrected chi connectivity index (χ0v) is 9.92. The number of nitrogens with zero attached hydrogens (tertiary/aromatic N) is 4. The first kappa shape index (κ1) is 12.6. The van der Waals surface area contributed by atoms with E-state index in [1.807, 2.05) is 0 Å². The van der Waals surface area contributed by atoms with Crippen molar-refractivity contribution in [2.45, 2.75) is 32.4 Å². The first-order chi connectivity index (χ1) is 7.50. The van der Waals surface area contributed by atoms with Gasteiger partial charge in [-0.15, -0.1) is 5.10 Å². The van der Waals surface area contributed by atoms with E-state index < -0.39 is 6.10 Å². The Balaban J connectivity index is 2.35. The number of hydrogen-bond acceptors (Lipinski definition) is 4. The molecule has 1 unspecified atom stereocenters. The van der Waals surface area contributed by atoms with Gasteiger partial charge in [-0.1, -0.05) is 5.21 Å². The van der Waals surface area contributed by atoms with Crippen molar-refractivity contribution in [1.82, 2.24) is 19.9 Å². The van der Waals surface area contributed by atoms with Crippen LogP contribution in [0.2, 0.25) is 0 Å². The summed E-state index contributed by atoms with van der Waals surface area (Å²) in [5, 5.41) is 16.9.